The number of piperidine rings is 1. The van der Waals surface area contributed by atoms with Gasteiger partial charge in [0.1, 0.15) is 11.4 Å². The quantitative estimate of drug-likeness (QED) is 0.534. The Labute approximate surface area is 169 Å². The van der Waals surface area contributed by atoms with E-state index in [4.69, 9.17) is 0 Å². The maximum absolute atomic E-state index is 14.0. The van der Waals surface area contributed by atoms with Crippen molar-refractivity contribution in [2.45, 2.75) is 25.4 Å². The molecule has 1 saturated heterocycles. The topological polar surface area (TPSA) is 99.7 Å². The van der Waals surface area contributed by atoms with Gasteiger partial charge in [-0.25, -0.2) is 14.4 Å². The van der Waals surface area contributed by atoms with Crippen molar-refractivity contribution in [1.29, 1.82) is 0 Å². The Morgan fingerprint density at radius 1 is 1.28 bits per heavy atom. The Morgan fingerprint density at radius 3 is 2.90 bits per heavy atom. The van der Waals surface area contributed by atoms with Crippen LogP contribution < -0.4 is 5.32 Å². The third-order valence-electron chi connectivity index (χ3n) is 5.23. The monoisotopic (exact) mass is 411 g/mol. The second kappa shape index (κ2) is 6.73. The van der Waals surface area contributed by atoms with Crippen LogP contribution in [-0.4, -0.2) is 54.1 Å². The minimum Gasteiger partial charge on any atom is -0.337 e. The molecule has 5 rings (SSSR count). The number of rotatable bonds is 3. The molecule has 0 spiro atoms. The molecule has 8 nitrogen and oxygen atoms in total. The molecule has 0 bridgehead atoms. The molecule has 1 aromatic carbocycles. The van der Waals surface area contributed by atoms with Crippen LogP contribution in [0.25, 0.3) is 21.3 Å². The summed E-state index contributed by atoms with van der Waals surface area (Å²) in [5, 5.41) is 11.1. The molecular weight excluding hydrogens is 393 g/mol. The first-order valence-corrected chi connectivity index (χ1v) is 10.1. The van der Waals surface area contributed by atoms with Crippen molar-refractivity contribution in [1.82, 2.24) is 29.4 Å². The van der Waals surface area contributed by atoms with Gasteiger partial charge in [-0.15, -0.1) is 0 Å². The number of likely N-dealkylation sites (tertiary alicyclic amines) is 1. The summed E-state index contributed by atoms with van der Waals surface area (Å²) in [7, 11) is 0. The average Bonchev–Trinajstić information content (AvgIpc) is 3.32. The lowest BCUT2D eigenvalue weighted by atomic mass is 9.95. The van der Waals surface area contributed by atoms with E-state index < -0.39 is 5.67 Å². The molecule has 1 amide bonds. The lowest BCUT2D eigenvalue weighted by molar-refractivity contribution is 0.0502. The smallest absolute Gasteiger partial charge is 0.274 e. The number of nitrogens with zero attached hydrogens (tertiary/aromatic N) is 5. The number of halogens is 1. The number of anilines is 2. The van der Waals surface area contributed by atoms with E-state index >= 15 is 0 Å². The highest BCUT2D eigenvalue weighted by molar-refractivity contribution is 7.13. The molecule has 4 aromatic rings. The standard InChI is InChI=1S/C19H18FN7OS/c1-19(20)4-8-27(9-5-19)18(28)14-12-3-2-11(10-13(12)29-26-14)23-17-15-16(24-25-17)22-7-6-21-15/h2-3,6-7,10H,4-5,8-9H2,1H3,(H2,22,23,24,25). The molecule has 3 aromatic heterocycles. The predicted octanol–water partition coefficient (Wildman–Crippen LogP) is 3.67. The maximum Gasteiger partial charge on any atom is 0.274 e. The van der Waals surface area contributed by atoms with E-state index in [0.717, 1.165) is 15.8 Å². The third kappa shape index (κ3) is 3.29. The van der Waals surface area contributed by atoms with E-state index in [1.807, 2.05) is 18.2 Å². The van der Waals surface area contributed by atoms with Crippen LogP contribution in [0.5, 0.6) is 0 Å². The van der Waals surface area contributed by atoms with Gasteiger partial charge in [0.2, 0.25) is 0 Å². The largest absolute Gasteiger partial charge is 0.337 e. The third-order valence-corrected chi connectivity index (χ3v) is 6.03. The summed E-state index contributed by atoms with van der Waals surface area (Å²) < 4.78 is 19.3. The van der Waals surface area contributed by atoms with Gasteiger partial charge >= 0.3 is 0 Å². The Bertz CT molecular complexity index is 1210. The fourth-order valence-electron chi connectivity index (χ4n) is 3.47. The summed E-state index contributed by atoms with van der Waals surface area (Å²) in [4.78, 5) is 23.0. The minimum atomic E-state index is -1.19. The van der Waals surface area contributed by atoms with E-state index in [0.29, 0.717) is 48.6 Å². The van der Waals surface area contributed by atoms with Gasteiger partial charge in [0, 0.05) is 36.6 Å². The molecule has 1 fully saturated rings. The van der Waals surface area contributed by atoms with Crippen molar-refractivity contribution in [3.63, 3.8) is 0 Å². The second-order valence-electron chi connectivity index (χ2n) is 7.40. The zero-order chi connectivity index (χ0) is 20.0. The second-order valence-corrected chi connectivity index (χ2v) is 8.20. The van der Waals surface area contributed by atoms with Crippen LogP contribution >= 0.6 is 11.5 Å². The van der Waals surface area contributed by atoms with Gasteiger partial charge in [-0.05, 0) is 49.5 Å². The van der Waals surface area contributed by atoms with Crippen molar-refractivity contribution in [2.75, 3.05) is 18.4 Å². The Balaban J connectivity index is 1.39. The van der Waals surface area contributed by atoms with Crippen molar-refractivity contribution in [2.24, 2.45) is 0 Å². The van der Waals surface area contributed by atoms with Crippen molar-refractivity contribution in [3.8, 4) is 0 Å². The van der Waals surface area contributed by atoms with Gasteiger partial charge in [-0.3, -0.25) is 9.89 Å². The first kappa shape index (κ1) is 17.9. The summed E-state index contributed by atoms with van der Waals surface area (Å²) >= 11 is 1.27. The molecule has 0 atom stereocenters. The molecule has 4 heterocycles. The van der Waals surface area contributed by atoms with E-state index in [1.54, 1.807) is 24.2 Å². The lowest BCUT2D eigenvalue weighted by Crippen LogP contribution is -2.43. The van der Waals surface area contributed by atoms with Crippen LogP contribution in [0.15, 0.2) is 30.6 Å². The molecule has 148 valence electrons. The Hall–Kier alpha value is -3.14. The molecule has 2 N–H and O–H groups in total. The first-order chi connectivity index (χ1) is 14.0. The summed E-state index contributed by atoms with van der Waals surface area (Å²) in [6, 6.07) is 5.67. The number of alkyl halides is 1. The minimum absolute atomic E-state index is 0.138. The van der Waals surface area contributed by atoms with Crippen LogP contribution in [0, 0.1) is 0 Å². The number of hydrogen-bond acceptors (Lipinski definition) is 7. The molecule has 0 radical (unpaired) electrons. The van der Waals surface area contributed by atoms with Gasteiger partial charge in [-0.1, -0.05) is 0 Å². The number of carbonyl (C=O) groups is 1. The number of carbonyl (C=O) groups excluding carboxylic acids is 1. The Morgan fingerprint density at radius 2 is 2.07 bits per heavy atom. The molecule has 0 aliphatic carbocycles. The number of nitrogens with one attached hydrogen (secondary N) is 2. The predicted molar refractivity (Wildman–Crippen MR) is 109 cm³/mol. The lowest BCUT2D eigenvalue weighted by Gasteiger charge is -2.33. The summed E-state index contributed by atoms with van der Waals surface area (Å²) in [6.45, 7) is 2.42. The molecular formula is C19H18FN7OS. The van der Waals surface area contributed by atoms with Crippen molar-refractivity contribution >= 4 is 50.2 Å². The molecule has 1 aliphatic rings. The van der Waals surface area contributed by atoms with Crippen molar-refractivity contribution < 1.29 is 9.18 Å². The van der Waals surface area contributed by atoms with E-state index in [1.165, 1.54) is 11.5 Å². The normalized spacial score (nSPS) is 16.4. The van der Waals surface area contributed by atoms with Crippen LogP contribution in [0.4, 0.5) is 15.9 Å². The highest BCUT2D eigenvalue weighted by Crippen LogP contribution is 2.31. The van der Waals surface area contributed by atoms with E-state index in [9.17, 15) is 9.18 Å². The van der Waals surface area contributed by atoms with E-state index in [-0.39, 0.29) is 5.91 Å². The fraction of sp³-hybridized carbons (Fsp3) is 0.316. The SMILES string of the molecule is CC1(F)CCN(C(=O)c2nsc3cc(Nc4n[nH]c5nccnc45)ccc23)CC1. The van der Waals surface area contributed by atoms with Gasteiger partial charge in [0.15, 0.2) is 17.0 Å². The number of aromatic nitrogens is 5. The number of fused-ring (bicyclic) bond motifs is 2. The Kier molecular flexibility index (Phi) is 4.16. The summed E-state index contributed by atoms with van der Waals surface area (Å²) in [5.74, 6) is 0.442. The first-order valence-electron chi connectivity index (χ1n) is 9.30. The number of H-pyrrole nitrogens is 1. The number of benzene rings is 1. The number of amides is 1. The van der Waals surface area contributed by atoms with Crippen molar-refractivity contribution in [3.05, 3.63) is 36.3 Å². The van der Waals surface area contributed by atoms with Crippen LogP contribution in [-0.2, 0) is 0 Å². The molecule has 1 aliphatic heterocycles. The molecule has 29 heavy (non-hydrogen) atoms. The molecule has 10 heteroatoms. The molecule has 0 unspecified atom stereocenters. The van der Waals surface area contributed by atoms with Gasteiger partial charge in [-0.2, -0.15) is 9.47 Å². The van der Waals surface area contributed by atoms with Gasteiger partial charge < -0.3 is 10.2 Å². The van der Waals surface area contributed by atoms with Gasteiger partial charge in [0.05, 0.1) is 4.70 Å². The summed E-state index contributed by atoms with van der Waals surface area (Å²) in [5.41, 5.74) is 1.30. The zero-order valence-electron chi connectivity index (χ0n) is 15.6. The van der Waals surface area contributed by atoms with Gasteiger partial charge in [0.25, 0.3) is 5.91 Å². The highest BCUT2D eigenvalue weighted by Gasteiger charge is 2.33. The maximum atomic E-state index is 14.0. The van der Waals surface area contributed by atoms with E-state index in [2.05, 4.69) is 29.9 Å². The zero-order valence-corrected chi connectivity index (χ0v) is 16.5. The number of aromatic amines is 1. The molecule has 0 saturated carbocycles. The van der Waals surface area contributed by atoms with Crippen LogP contribution in [0.2, 0.25) is 0 Å². The summed E-state index contributed by atoms with van der Waals surface area (Å²) in [6.07, 6.45) is 3.92. The highest BCUT2D eigenvalue weighted by atomic mass is 32.1. The average molecular weight is 411 g/mol. The number of hydrogen-bond donors (Lipinski definition) is 2. The van der Waals surface area contributed by atoms with Crippen LogP contribution in [0.3, 0.4) is 0 Å². The van der Waals surface area contributed by atoms with Crippen LogP contribution in [0.1, 0.15) is 30.3 Å². The fourth-order valence-corrected chi connectivity index (χ4v) is 4.28.